The van der Waals surface area contributed by atoms with Crippen molar-refractivity contribution in [1.29, 1.82) is 0 Å². The number of carbonyl (C=O) groups is 2. The highest BCUT2D eigenvalue weighted by Gasteiger charge is 2.29. The van der Waals surface area contributed by atoms with Crippen molar-refractivity contribution in [3.63, 3.8) is 0 Å². The Morgan fingerprint density at radius 1 is 1.23 bits per heavy atom. The second kappa shape index (κ2) is 7.37. The predicted octanol–water partition coefficient (Wildman–Crippen LogP) is 1.42. The number of hydrogen-bond donors (Lipinski definition) is 3. The maximum Gasteiger partial charge on any atom is 0.322 e. The van der Waals surface area contributed by atoms with E-state index in [1.54, 1.807) is 13.8 Å². The van der Waals surface area contributed by atoms with E-state index >= 15 is 0 Å². The van der Waals surface area contributed by atoms with Crippen LogP contribution in [0.2, 0.25) is 0 Å². The highest BCUT2D eigenvalue weighted by molar-refractivity contribution is 7.89. The summed E-state index contributed by atoms with van der Waals surface area (Å²) in [5.41, 5.74) is 0.461. The lowest BCUT2D eigenvalue weighted by atomic mass is 10.0. The molecular weight excluding hydrogens is 308 g/mol. The van der Waals surface area contributed by atoms with Gasteiger partial charge in [-0.05, 0) is 30.2 Å². The molecule has 1 rings (SSSR count). The molecule has 0 fully saturated rings. The number of sulfonamides is 1. The monoisotopic (exact) mass is 328 g/mol. The molecule has 1 aromatic carbocycles. The lowest BCUT2D eigenvalue weighted by Gasteiger charge is -2.20. The van der Waals surface area contributed by atoms with Gasteiger partial charge in [-0.2, -0.15) is 4.72 Å². The zero-order chi connectivity index (χ0) is 16.9. The summed E-state index contributed by atoms with van der Waals surface area (Å²) in [4.78, 5) is 22.1. The third-order valence-electron chi connectivity index (χ3n) is 3.25. The van der Waals surface area contributed by atoms with Gasteiger partial charge in [0.05, 0.1) is 4.90 Å². The maximum absolute atomic E-state index is 12.2. The largest absolute Gasteiger partial charge is 0.480 e. The van der Waals surface area contributed by atoms with Gasteiger partial charge in [0, 0.05) is 12.6 Å². The minimum atomic E-state index is -3.95. The van der Waals surface area contributed by atoms with Crippen molar-refractivity contribution in [2.75, 3.05) is 5.32 Å². The summed E-state index contributed by atoms with van der Waals surface area (Å²) in [5, 5.41) is 11.7. The number of anilines is 1. The molecule has 0 aromatic heterocycles. The van der Waals surface area contributed by atoms with Crippen LogP contribution in [-0.4, -0.2) is 31.4 Å². The van der Waals surface area contributed by atoms with Crippen LogP contribution in [0.4, 0.5) is 5.69 Å². The summed E-state index contributed by atoms with van der Waals surface area (Å²) in [6.07, 6.45) is 0.529. The molecule has 7 nitrogen and oxygen atoms in total. The molecule has 3 N–H and O–H groups in total. The van der Waals surface area contributed by atoms with E-state index in [1.165, 1.54) is 31.2 Å². The topological polar surface area (TPSA) is 113 Å². The average Bonchev–Trinajstić information content (AvgIpc) is 2.43. The number of carboxylic acid groups (broad SMARTS) is 1. The van der Waals surface area contributed by atoms with Crippen LogP contribution in [0.25, 0.3) is 0 Å². The van der Waals surface area contributed by atoms with Gasteiger partial charge in [0.25, 0.3) is 0 Å². The van der Waals surface area contributed by atoms with Gasteiger partial charge in [0.15, 0.2) is 0 Å². The Morgan fingerprint density at radius 2 is 1.77 bits per heavy atom. The first-order valence-electron chi connectivity index (χ1n) is 6.80. The maximum atomic E-state index is 12.2. The van der Waals surface area contributed by atoms with Gasteiger partial charge in [-0.1, -0.05) is 20.3 Å². The first kappa shape index (κ1) is 18.1. The molecule has 8 heteroatoms. The fraction of sp³-hybridized carbons (Fsp3) is 0.429. The number of benzene rings is 1. The van der Waals surface area contributed by atoms with Gasteiger partial charge in [0.1, 0.15) is 6.04 Å². The lowest BCUT2D eigenvalue weighted by molar-refractivity contribution is -0.140. The van der Waals surface area contributed by atoms with E-state index in [-0.39, 0.29) is 16.7 Å². The summed E-state index contributed by atoms with van der Waals surface area (Å²) >= 11 is 0. The second-order valence-corrected chi connectivity index (χ2v) is 6.74. The standard InChI is InChI=1S/C14H20N2O5S/c1-4-9(2)13(14(18)19)16-22(20,21)12-7-5-11(6-8-12)15-10(3)17/h5-9,13,16H,4H2,1-3H3,(H,15,17)(H,18,19)/t9?,13-/m0/s1. The highest BCUT2D eigenvalue weighted by atomic mass is 32.2. The van der Waals surface area contributed by atoms with E-state index in [1.807, 2.05) is 0 Å². The van der Waals surface area contributed by atoms with Crippen molar-refractivity contribution < 1.29 is 23.1 Å². The fourth-order valence-electron chi connectivity index (χ4n) is 1.80. The molecule has 0 aliphatic heterocycles. The van der Waals surface area contributed by atoms with Gasteiger partial charge < -0.3 is 10.4 Å². The van der Waals surface area contributed by atoms with Crippen LogP contribution < -0.4 is 10.0 Å². The molecule has 1 amide bonds. The predicted molar refractivity (Wildman–Crippen MR) is 81.9 cm³/mol. The number of nitrogens with one attached hydrogen (secondary N) is 2. The average molecular weight is 328 g/mol. The van der Waals surface area contributed by atoms with Gasteiger partial charge in [0.2, 0.25) is 15.9 Å². The van der Waals surface area contributed by atoms with Crippen molar-refractivity contribution in [1.82, 2.24) is 4.72 Å². The van der Waals surface area contributed by atoms with Gasteiger partial charge in [-0.3, -0.25) is 9.59 Å². The van der Waals surface area contributed by atoms with Gasteiger partial charge >= 0.3 is 5.97 Å². The Kier molecular flexibility index (Phi) is 6.07. The molecular formula is C14H20N2O5S. The summed E-state index contributed by atoms with van der Waals surface area (Å²) in [6.45, 7) is 4.80. The molecule has 0 saturated heterocycles. The van der Waals surface area contributed by atoms with Crippen molar-refractivity contribution in [3.8, 4) is 0 Å². The van der Waals surface area contributed by atoms with Crippen LogP contribution in [0.3, 0.4) is 0 Å². The normalized spacial score (nSPS) is 14.1. The summed E-state index contributed by atoms with van der Waals surface area (Å²) < 4.78 is 26.7. The Morgan fingerprint density at radius 3 is 2.18 bits per heavy atom. The van der Waals surface area contributed by atoms with E-state index in [0.29, 0.717) is 12.1 Å². The minimum Gasteiger partial charge on any atom is -0.480 e. The molecule has 22 heavy (non-hydrogen) atoms. The van der Waals surface area contributed by atoms with E-state index in [2.05, 4.69) is 10.0 Å². The van der Waals surface area contributed by atoms with E-state index in [0.717, 1.165) is 0 Å². The van der Waals surface area contributed by atoms with Gasteiger partial charge in [-0.15, -0.1) is 0 Å². The smallest absolute Gasteiger partial charge is 0.322 e. The molecule has 0 heterocycles. The quantitative estimate of drug-likeness (QED) is 0.701. The second-order valence-electron chi connectivity index (χ2n) is 5.03. The van der Waals surface area contributed by atoms with Crippen LogP contribution in [0.5, 0.6) is 0 Å². The number of carbonyl (C=O) groups excluding carboxylic acids is 1. The summed E-state index contributed by atoms with van der Waals surface area (Å²) in [6, 6.07) is 4.31. The SMILES string of the molecule is CCC(C)[C@H](NS(=O)(=O)c1ccc(NC(C)=O)cc1)C(=O)O. The molecule has 122 valence electrons. The molecule has 0 spiro atoms. The minimum absolute atomic E-state index is 0.0591. The van der Waals surface area contributed by atoms with Crippen LogP contribution in [0.1, 0.15) is 27.2 Å². The molecule has 0 saturated carbocycles. The van der Waals surface area contributed by atoms with Crippen molar-refractivity contribution in [2.24, 2.45) is 5.92 Å². The zero-order valence-corrected chi connectivity index (χ0v) is 13.5. The Labute approximate surface area is 129 Å². The molecule has 0 bridgehead atoms. The van der Waals surface area contributed by atoms with Crippen LogP contribution in [0.15, 0.2) is 29.2 Å². The first-order valence-corrected chi connectivity index (χ1v) is 8.28. The lowest BCUT2D eigenvalue weighted by Crippen LogP contribution is -2.44. The Balaban J connectivity index is 2.98. The van der Waals surface area contributed by atoms with Crippen molar-refractivity contribution >= 4 is 27.6 Å². The zero-order valence-electron chi connectivity index (χ0n) is 12.7. The Bertz CT molecular complexity index is 640. The molecule has 0 aliphatic carbocycles. The van der Waals surface area contributed by atoms with Gasteiger partial charge in [-0.25, -0.2) is 8.42 Å². The van der Waals surface area contributed by atoms with E-state index in [9.17, 15) is 18.0 Å². The Hall–Kier alpha value is -1.93. The number of aliphatic carboxylic acids is 1. The summed E-state index contributed by atoms with van der Waals surface area (Å²) in [7, 11) is -3.95. The summed E-state index contributed by atoms with van der Waals surface area (Å²) in [5.74, 6) is -1.82. The van der Waals surface area contributed by atoms with Crippen LogP contribution in [-0.2, 0) is 19.6 Å². The van der Waals surface area contributed by atoms with Crippen LogP contribution >= 0.6 is 0 Å². The first-order chi connectivity index (χ1) is 10.2. The number of hydrogen-bond acceptors (Lipinski definition) is 4. The number of rotatable bonds is 7. The fourth-order valence-corrected chi connectivity index (χ4v) is 3.10. The van der Waals surface area contributed by atoms with Crippen LogP contribution in [0, 0.1) is 5.92 Å². The van der Waals surface area contributed by atoms with Crippen molar-refractivity contribution in [3.05, 3.63) is 24.3 Å². The van der Waals surface area contributed by atoms with E-state index in [4.69, 9.17) is 5.11 Å². The third kappa shape index (κ3) is 4.81. The third-order valence-corrected chi connectivity index (χ3v) is 4.70. The van der Waals surface area contributed by atoms with Crippen molar-refractivity contribution in [2.45, 2.75) is 38.1 Å². The highest BCUT2D eigenvalue weighted by Crippen LogP contribution is 2.16. The molecule has 2 atom stereocenters. The molecule has 1 unspecified atom stereocenters. The number of carboxylic acids is 1. The number of amides is 1. The molecule has 0 aliphatic rings. The molecule has 0 radical (unpaired) electrons. The van der Waals surface area contributed by atoms with E-state index < -0.39 is 22.0 Å². The molecule has 1 aromatic rings.